The molecule has 9 nitrogen and oxygen atoms in total. The standard InChI is InChI=1S/C17H19N5O4/c1-24-11-15(23)18-9-10-26-16-8-7-14-19-20-17(22(14)21-16)12-5-3-4-6-13(12)25-2/h3-8H,9-11H2,1-2H3,(H,18,23). The van der Waals surface area contributed by atoms with Crippen molar-refractivity contribution in [1.29, 1.82) is 0 Å². The van der Waals surface area contributed by atoms with E-state index in [1.165, 1.54) is 7.11 Å². The summed E-state index contributed by atoms with van der Waals surface area (Å²) in [6.45, 7) is 0.650. The van der Waals surface area contributed by atoms with Crippen LogP contribution in [0.1, 0.15) is 0 Å². The average Bonchev–Trinajstić information content (AvgIpc) is 3.08. The highest BCUT2D eigenvalue weighted by molar-refractivity contribution is 5.77. The molecular formula is C17H19N5O4. The van der Waals surface area contributed by atoms with Crippen molar-refractivity contribution in [3.63, 3.8) is 0 Å². The van der Waals surface area contributed by atoms with Gasteiger partial charge in [-0.15, -0.1) is 15.3 Å². The molecule has 9 heteroatoms. The number of aromatic nitrogens is 4. The molecule has 2 heterocycles. The third kappa shape index (κ3) is 3.89. The van der Waals surface area contributed by atoms with Crippen molar-refractivity contribution in [2.75, 3.05) is 34.0 Å². The number of nitrogens with one attached hydrogen (secondary N) is 1. The highest BCUT2D eigenvalue weighted by Gasteiger charge is 2.14. The van der Waals surface area contributed by atoms with Crippen LogP contribution in [0.4, 0.5) is 0 Å². The minimum absolute atomic E-state index is 0.0210. The van der Waals surface area contributed by atoms with Gasteiger partial charge in [0, 0.05) is 13.2 Å². The average molecular weight is 357 g/mol. The fourth-order valence-corrected chi connectivity index (χ4v) is 2.37. The van der Waals surface area contributed by atoms with E-state index in [0.717, 1.165) is 5.56 Å². The van der Waals surface area contributed by atoms with E-state index >= 15 is 0 Å². The van der Waals surface area contributed by atoms with Crippen LogP contribution in [0.5, 0.6) is 11.6 Å². The van der Waals surface area contributed by atoms with E-state index in [-0.39, 0.29) is 19.1 Å². The molecule has 0 aliphatic carbocycles. The van der Waals surface area contributed by atoms with E-state index in [2.05, 4.69) is 20.6 Å². The predicted molar refractivity (Wildman–Crippen MR) is 93.2 cm³/mol. The summed E-state index contributed by atoms with van der Waals surface area (Å²) in [5.41, 5.74) is 1.37. The van der Waals surface area contributed by atoms with Gasteiger partial charge in [0.05, 0.1) is 19.2 Å². The van der Waals surface area contributed by atoms with Crippen LogP contribution >= 0.6 is 0 Å². The topological polar surface area (TPSA) is 99.9 Å². The first-order valence-electron chi connectivity index (χ1n) is 7.97. The van der Waals surface area contributed by atoms with E-state index in [4.69, 9.17) is 14.2 Å². The zero-order valence-electron chi connectivity index (χ0n) is 14.5. The fraction of sp³-hybridized carbons (Fsp3) is 0.294. The highest BCUT2D eigenvalue weighted by Crippen LogP contribution is 2.28. The number of nitrogens with zero attached hydrogens (tertiary/aromatic N) is 4. The van der Waals surface area contributed by atoms with E-state index in [9.17, 15) is 4.79 Å². The summed E-state index contributed by atoms with van der Waals surface area (Å²) in [6.07, 6.45) is 0. The molecule has 2 aromatic heterocycles. The second-order valence-corrected chi connectivity index (χ2v) is 5.30. The molecule has 0 radical (unpaired) electrons. The van der Waals surface area contributed by atoms with Crippen molar-refractivity contribution in [1.82, 2.24) is 25.1 Å². The maximum absolute atomic E-state index is 11.3. The SMILES string of the molecule is COCC(=O)NCCOc1ccc2nnc(-c3ccccc3OC)n2n1. The van der Waals surface area contributed by atoms with Gasteiger partial charge in [0.25, 0.3) is 0 Å². The molecule has 0 bridgehead atoms. The second kappa shape index (κ2) is 8.26. The maximum atomic E-state index is 11.3. The molecule has 136 valence electrons. The minimum atomic E-state index is -0.197. The van der Waals surface area contributed by atoms with Gasteiger partial charge in [0.15, 0.2) is 11.5 Å². The van der Waals surface area contributed by atoms with Crippen molar-refractivity contribution in [2.45, 2.75) is 0 Å². The molecule has 0 saturated carbocycles. The number of rotatable bonds is 8. The van der Waals surface area contributed by atoms with Gasteiger partial charge in [-0.1, -0.05) is 12.1 Å². The Kier molecular flexibility index (Phi) is 5.59. The van der Waals surface area contributed by atoms with Crippen LogP contribution in [0.25, 0.3) is 17.0 Å². The minimum Gasteiger partial charge on any atom is -0.496 e. The fourth-order valence-electron chi connectivity index (χ4n) is 2.37. The van der Waals surface area contributed by atoms with Crippen LogP contribution < -0.4 is 14.8 Å². The summed E-state index contributed by atoms with van der Waals surface area (Å²) in [6, 6.07) is 11.0. The lowest BCUT2D eigenvalue weighted by atomic mass is 10.2. The zero-order chi connectivity index (χ0) is 18.4. The summed E-state index contributed by atoms with van der Waals surface area (Å²) in [5.74, 6) is 1.43. The maximum Gasteiger partial charge on any atom is 0.246 e. The Morgan fingerprint density at radius 1 is 1.15 bits per heavy atom. The van der Waals surface area contributed by atoms with Crippen molar-refractivity contribution >= 4 is 11.6 Å². The van der Waals surface area contributed by atoms with Gasteiger partial charge in [-0.05, 0) is 18.2 Å². The van der Waals surface area contributed by atoms with Crippen molar-refractivity contribution in [2.24, 2.45) is 0 Å². The first kappa shape index (κ1) is 17.6. The zero-order valence-corrected chi connectivity index (χ0v) is 14.5. The Balaban J connectivity index is 1.75. The molecule has 3 aromatic rings. The first-order chi connectivity index (χ1) is 12.7. The number of methoxy groups -OCH3 is 2. The number of benzene rings is 1. The number of ether oxygens (including phenoxy) is 3. The number of carbonyl (C=O) groups is 1. The van der Waals surface area contributed by atoms with E-state index in [1.54, 1.807) is 23.8 Å². The third-order valence-electron chi connectivity index (χ3n) is 3.54. The number of hydrogen-bond acceptors (Lipinski definition) is 7. The number of fused-ring (bicyclic) bond motifs is 1. The quantitative estimate of drug-likeness (QED) is 0.599. The number of para-hydroxylation sites is 1. The summed E-state index contributed by atoms with van der Waals surface area (Å²) in [7, 11) is 3.07. The third-order valence-corrected chi connectivity index (χ3v) is 3.54. The summed E-state index contributed by atoms with van der Waals surface area (Å²) in [4.78, 5) is 11.3. The lowest BCUT2D eigenvalue weighted by Crippen LogP contribution is -2.31. The van der Waals surface area contributed by atoms with Crippen molar-refractivity contribution < 1.29 is 19.0 Å². The smallest absolute Gasteiger partial charge is 0.246 e. The summed E-state index contributed by atoms with van der Waals surface area (Å²) < 4.78 is 17.3. The van der Waals surface area contributed by atoms with Crippen LogP contribution in [-0.2, 0) is 9.53 Å². The molecule has 26 heavy (non-hydrogen) atoms. The van der Waals surface area contributed by atoms with Gasteiger partial charge < -0.3 is 19.5 Å². The number of amides is 1. The lowest BCUT2D eigenvalue weighted by Gasteiger charge is -2.08. The first-order valence-corrected chi connectivity index (χ1v) is 7.97. The van der Waals surface area contributed by atoms with Crippen molar-refractivity contribution in [3.05, 3.63) is 36.4 Å². The van der Waals surface area contributed by atoms with Crippen molar-refractivity contribution in [3.8, 4) is 23.0 Å². The lowest BCUT2D eigenvalue weighted by molar-refractivity contribution is -0.124. The normalized spacial score (nSPS) is 10.7. The van der Waals surface area contributed by atoms with Gasteiger partial charge in [-0.2, -0.15) is 4.52 Å². The molecule has 0 spiro atoms. The van der Waals surface area contributed by atoms with Crippen LogP contribution in [-0.4, -0.2) is 59.7 Å². The Hall–Kier alpha value is -3.20. The molecule has 0 atom stereocenters. The van der Waals surface area contributed by atoms with Crippen LogP contribution in [0.15, 0.2) is 36.4 Å². The molecule has 0 saturated heterocycles. The van der Waals surface area contributed by atoms with E-state index in [0.29, 0.717) is 29.6 Å². The molecule has 3 rings (SSSR count). The van der Waals surface area contributed by atoms with Gasteiger partial charge in [0.2, 0.25) is 11.8 Å². The molecule has 0 unspecified atom stereocenters. The van der Waals surface area contributed by atoms with Gasteiger partial charge in [-0.3, -0.25) is 4.79 Å². The van der Waals surface area contributed by atoms with Gasteiger partial charge in [-0.25, -0.2) is 0 Å². The van der Waals surface area contributed by atoms with E-state index < -0.39 is 0 Å². The van der Waals surface area contributed by atoms with Gasteiger partial charge in [0.1, 0.15) is 19.0 Å². The molecule has 0 aliphatic rings. The van der Waals surface area contributed by atoms with Gasteiger partial charge >= 0.3 is 0 Å². The molecule has 0 fully saturated rings. The molecule has 1 aromatic carbocycles. The molecular weight excluding hydrogens is 338 g/mol. The number of carbonyl (C=O) groups excluding carboxylic acids is 1. The summed E-state index contributed by atoms with van der Waals surface area (Å²) >= 11 is 0. The monoisotopic (exact) mass is 357 g/mol. The molecule has 1 N–H and O–H groups in total. The Morgan fingerprint density at radius 3 is 2.81 bits per heavy atom. The molecule has 1 amide bonds. The van der Waals surface area contributed by atoms with E-state index in [1.807, 2.05) is 24.3 Å². The Bertz CT molecular complexity index is 896. The summed E-state index contributed by atoms with van der Waals surface area (Å²) in [5, 5.41) is 15.4. The second-order valence-electron chi connectivity index (χ2n) is 5.30. The number of hydrogen-bond donors (Lipinski definition) is 1. The largest absolute Gasteiger partial charge is 0.496 e. The Morgan fingerprint density at radius 2 is 2.00 bits per heavy atom. The van der Waals surface area contributed by atoms with Crippen LogP contribution in [0, 0.1) is 0 Å². The van der Waals surface area contributed by atoms with Crippen LogP contribution in [0.3, 0.4) is 0 Å². The highest BCUT2D eigenvalue weighted by atomic mass is 16.5. The Labute approximate surface area is 149 Å². The van der Waals surface area contributed by atoms with Crippen LogP contribution in [0.2, 0.25) is 0 Å². The predicted octanol–water partition coefficient (Wildman–Crippen LogP) is 0.941. The molecule has 0 aliphatic heterocycles.